The third-order valence-electron chi connectivity index (χ3n) is 5.35. The summed E-state index contributed by atoms with van der Waals surface area (Å²) in [6.07, 6.45) is 4.04. The zero-order valence-electron chi connectivity index (χ0n) is 18.0. The molecule has 3 aromatic rings. The quantitative estimate of drug-likeness (QED) is 0.379. The van der Waals surface area contributed by atoms with Crippen LogP contribution >= 0.6 is 11.8 Å². The van der Waals surface area contributed by atoms with Gasteiger partial charge in [-0.05, 0) is 43.9 Å². The summed E-state index contributed by atoms with van der Waals surface area (Å²) in [6, 6.07) is 13.1. The predicted octanol–water partition coefficient (Wildman–Crippen LogP) is 3.62. The van der Waals surface area contributed by atoms with Crippen LogP contribution in [0.25, 0.3) is 11.6 Å². The second-order valence-electron chi connectivity index (χ2n) is 7.49. The molecular formula is C23H26N4O4S. The van der Waals surface area contributed by atoms with Crippen molar-refractivity contribution >= 4 is 23.6 Å². The molecule has 1 unspecified atom stereocenters. The van der Waals surface area contributed by atoms with Crippen molar-refractivity contribution in [3.8, 4) is 11.6 Å². The zero-order valence-corrected chi connectivity index (χ0v) is 18.8. The molecule has 0 radical (unpaired) electrons. The van der Waals surface area contributed by atoms with Gasteiger partial charge in [0.25, 0.3) is 0 Å². The van der Waals surface area contributed by atoms with E-state index < -0.39 is 6.04 Å². The first-order valence-corrected chi connectivity index (χ1v) is 11.8. The fourth-order valence-corrected chi connectivity index (χ4v) is 4.64. The lowest BCUT2D eigenvalue weighted by atomic mass is 10.0. The highest BCUT2D eigenvalue weighted by atomic mass is 32.2. The van der Waals surface area contributed by atoms with Gasteiger partial charge in [0, 0.05) is 6.54 Å². The Hall–Kier alpha value is -3.07. The van der Waals surface area contributed by atoms with Gasteiger partial charge in [0.1, 0.15) is 6.04 Å². The molecule has 32 heavy (non-hydrogen) atoms. The summed E-state index contributed by atoms with van der Waals surface area (Å²) in [5, 5.41) is 9.26. The van der Waals surface area contributed by atoms with E-state index in [1.807, 2.05) is 41.0 Å². The van der Waals surface area contributed by atoms with Gasteiger partial charge in [-0.25, -0.2) is 4.79 Å². The van der Waals surface area contributed by atoms with Crippen molar-refractivity contribution in [1.29, 1.82) is 0 Å². The van der Waals surface area contributed by atoms with Crippen LogP contribution in [0.3, 0.4) is 0 Å². The van der Waals surface area contributed by atoms with Gasteiger partial charge in [0.2, 0.25) is 11.7 Å². The van der Waals surface area contributed by atoms with Gasteiger partial charge in [-0.3, -0.25) is 9.36 Å². The van der Waals surface area contributed by atoms with Crippen LogP contribution in [-0.4, -0.2) is 56.5 Å². The average molecular weight is 455 g/mol. The van der Waals surface area contributed by atoms with Gasteiger partial charge in [-0.1, -0.05) is 42.1 Å². The van der Waals surface area contributed by atoms with Crippen LogP contribution in [0.2, 0.25) is 0 Å². The van der Waals surface area contributed by atoms with E-state index in [4.69, 9.17) is 9.15 Å². The fourth-order valence-electron chi connectivity index (χ4n) is 3.81. The van der Waals surface area contributed by atoms with E-state index in [-0.39, 0.29) is 17.6 Å². The number of hydrogen-bond donors (Lipinski definition) is 0. The standard InChI is InChI=1S/C23H26N4O4S/c1-2-30-22(29)18-11-6-7-13-26(18)20(28)16-32-23-25-24-21(19-12-8-14-31-19)27(23)15-17-9-4-3-5-10-17/h3-5,8-10,12,14,18H,2,6-7,11,13,15-16H2,1H3. The summed E-state index contributed by atoms with van der Waals surface area (Å²) in [7, 11) is 0. The van der Waals surface area contributed by atoms with Crippen LogP contribution in [0.4, 0.5) is 0 Å². The highest BCUT2D eigenvalue weighted by Gasteiger charge is 2.33. The maximum atomic E-state index is 13.0. The summed E-state index contributed by atoms with van der Waals surface area (Å²) >= 11 is 1.32. The topological polar surface area (TPSA) is 90.5 Å². The first-order valence-electron chi connectivity index (χ1n) is 10.8. The molecule has 8 nitrogen and oxygen atoms in total. The molecule has 1 fully saturated rings. The van der Waals surface area contributed by atoms with Crippen LogP contribution in [-0.2, 0) is 20.9 Å². The van der Waals surface area contributed by atoms with Crippen LogP contribution in [0.5, 0.6) is 0 Å². The van der Waals surface area contributed by atoms with Gasteiger partial charge in [0.05, 0.1) is 25.2 Å². The Balaban J connectivity index is 1.51. The molecule has 4 rings (SSSR count). The minimum atomic E-state index is -0.502. The number of hydrogen-bond acceptors (Lipinski definition) is 7. The summed E-state index contributed by atoms with van der Waals surface area (Å²) in [5.41, 5.74) is 1.09. The molecule has 0 saturated carbocycles. The highest BCUT2D eigenvalue weighted by Crippen LogP contribution is 2.27. The molecule has 0 bridgehead atoms. The zero-order chi connectivity index (χ0) is 22.3. The SMILES string of the molecule is CCOC(=O)C1CCCCN1C(=O)CSc1nnc(-c2ccco2)n1Cc1ccccc1. The maximum absolute atomic E-state index is 13.0. The Bertz CT molecular complexity index is 1040. The lowest BCUT2D eigenvalue weighted by molar-refractivity contribution is -0.155. The number of furan rings is 1. The number of amides is 1. The van der Waals surface area contributed by atoms with E-state index in [0.29, 0.717) is 42.9 Å². The van der Waals surface area contributed by atoms with Crippen molar-refractivity contribution < 1.29 is 18.7 Å². The van der Waals surface area contributed by atoms with Gasteiger partial charge >= 0.3 is 5.97 Å². The van der Waals surface area contributed by atoms with E-state index in [0.717, 1.165) is 18.4 Å². The lowest BCUT2D eigenvalue weighted by Gasteiger charge is -2.33. The smallest absolute Gasteiger partial charge is 0.328 e. The van der Waals surface area contributed by atoms with Gasteiger partial charge in [-0.2, -0.15) is 0 Å². The Morgan fingerprint density at radius 1 is 1.16 bits per heavy atom. The highest BCUT2D eigenvalue weighted by molar-refractivity contribution is 7.99. The van der Waals surface area contributed by atoms with Crippen LogP contribution in [0.15, 0.2) is 58.3 Å². The molecule has 9 heteroatoms. The maximum Gasteiger partial charge on any atom is 0.328 e. The molecule has 0 spiro atoms. The number of esters is 1. The second kappa shape index (κ2) is 10.5. The van der Waals surface area contributed by atoms with Crippen molar-refractivity contribution in [3.05, 3.63) is 54.3 Å². The molecule has 1 aliphatic rings. The van der Waals surface area contributed by atoms with E-state index in [1.54, 1.807) is 24.2 Å². The molecule has 168 valence electrons. The predicted molar refractivity (Wildman–Crippen MR) is 120 cm³/mol. The summed E-state index contributed by atoms with van der Waals surface area (Å²) in [4.78, 5) is 27.0. The Morgan fingerprint density at radius 3 is 2.75 bits per heavy atom. The number of carbonyl (C=O) groups excluding carboxylic acids is 2. The van der Waals surface area contributed by atoms with Crippen LogP contribution < -0.4 is 0 Å². The first-order chi connectivity index (χ1) is 15.7. The van der Waals surface area contributed by atoms with E-state index in [1.165, 1.54) is 11.8 Å². The summed E-state index contributed by atoms with van der Waals surface area (Å²) in [5.74, 6) is 0.974. The minimum Gasteiger partial charge on any atom is -0.464 e. The van der Waals surface area contributed by atoms with E-state index in [2.05, 4.69) is 10.2 Å². The van der Waals surface area contributed by atoms with E-state index in [9.17, 15) is 9.59 Å². The summed E-state index contributed by atoms with van der Waals surface area (Å²) < 4.78 is 12.7. The molecule has 1 amide bonds. The largest absolute Gasteiger partial charge is 0.464 e. The monoisotopic (exact) mass is 454 g/mol. The van der Waals surface area contributed by atoms with Crippen molar-refractivity contribution in [2.75, 3.05) is 18.9 Å². The Kier molecular flexibility index (Phi) is 7.26. The molecule has 0 aliphatic carbocycles. The van der Waals surface area contributed by atoms with Crippen LogP contribution in [0.1, 0.15) is 31.7 Å². The molecule has 0 N–H and O–H groups in total. The number of thioether (sulfide) groups is 1. The first kappa shape index (κ1) is 22.1. The van der Waals surface area contributed by atoms with Gasteiger partial charge < -0.3 is 14.1 Å². The second-order valence-corrected chi connectivity index (χ2v) is 8.44. The normalized spacial score (nSPS) is 16.2. The number of likely N-dealkylation sites (tertiary alicyclic amines) is 1. The number of rotatable bonds is 8. The Labute approximate surface area is 190 Å². The number of ether oxygens (including phenoxy) is 1. The molecule has 3 heterocycles. The molecule has 1 saturated heterocycles. The van der Waals surface area contributed by atoms with Crippen molar-refractivity contribution in [1.82, 2.24) is 19.7 Å². The number of nitrogens with zero attached hydrogens (tertiary/aromatic N) is 4. The lowest BCUT2D eigenvalue weighted by Crippen LogP contribution is -2.49. The van der Waals surface area contributed by atoms with Gasteiger partial charge in [0.15, 0.2) is 10.9 Å². The third kappa shape index (κ3) is 5.04. The van der Waals surface area contributed by atoms with Crippen molar-refractivity contribution in [3.63, 3.8) is 0 Å². The minimum absolute atomic E-state index is 0.0958. The molecular weight excluding hydrogens is 428 g/mol. The Morgan fingerprint density at radius 2 is 2.00 bits per heavy atom. The molecule has 1 atom stereocenters. The number of carbonyl (C=O) groups is 2. The fraction of sp³-hybridized carbons (Fsp3) is 0.391. The van der Waals surface area contributed by atoms with Crippen molar-refractivity contribution in [2.45, 2.75) is 43.9 Å². The van der Waals surface area contributed by atoms with Crippen LogP contribution in [0, 0.1) is 0 Å². The number of benzene rings is 1. The molecule has 1 aliphatic heterocycles. The summed E-state index contributed by atoms with van der Waals surface area (Å²) in [6.45, 7) is 3.20. The van der Waals surface area contributed by atoms with Gasteiger partial charge in [-0.15, -0.1) is 10.2 Å². The third-order valence-corrected chi connectivity index (χ3v) is 6.30. The number of aromatic nitrogens is 3. The number of piperidine rings is 1. The molecule has 1 aromatic carbocycles. The molecule has 2 aromatic heterocycles. The van der Waals surface area contributed by atoms with E-state index >= 15 is 0 Å². The average Bonchev–Trinajstić information content (AvgIpc) is 3.48. The van der Waals surface area contributed by atoms with Crippen molar-refractivity contribution in [2.24, 2.45) is 0 Å².